The zero-order valence-corrected chi connectivity index (χ0v) is 11.2. The first-order valence-corrected chi connectivity index (χ1v) is 7.02. The third kappa shape index (κ3) is 2.79. The maximum Gasteiger partial charge on any atom is 0.317 e. The Morgan fingerprint density at radius 2 is 2.12 bits per heavy atom. The molecular formula is C12H13NO2S2. The Bertz CT molecular complexity index is 503. The van der Waals surface area contributed by atoms with Gasteiger partial charge in [-0.1, -0.05) is 37.7 Å². The highest BCUT2D eigenvalue weighted by Gasteiger charge is 2.24. The normalized spacial score (nSPS) is 13.1. The van der Waals surface area contributed by atoms with Crippen molar-refractivity contribution in [3.8, 4) is 0 Å². The van der Waals surface area contributed by atoms with Crippen molar-refractivity contribution in [1.29, 1.82) is 0 Å². The number of carbonyl (C=O) groups is 1. The van der Waals surface area contributed by atoms with Crippen molar-refractivity contribution in [2.45, 2.75) is 23.4 Å². The number of thiazole rings is 1. The van der Waals surface area contributed by atoms with Crippen LogP contribution < -0.4 is 0 Å². The third-order valence-electron chi connectivity index (χ3n) is 2.35. The number of carboxylic acids is 1. The number of fused-ring (bicyclic) bond motifs is 1. The average Bonchev–Trinajstić information content (AvgIpc) is 2.67. The monoisotopic (exact) mass is 267 g/mol. The Morgan fingerprint density at radius 3 is 2.71 bits per heavy atom. The van der Waals surface area contributed by atoms with E-state index in [0.717, 1.165) is 14.6 Å². The summed E-state index contributed by atoms with van der Waals surface area (Å²) in [5.41, 5.74) is 0.938. The van der Waals surface area contributed by atoms with Gasteiger partial charge in [-0.3, -0.25) is 4.79 Å². The minimum absolute atomic E-state index is 0.0875. The Kier molecular flexibility index (Phi) is 3.69. The van der Waals surface area contributed by atoms with Crippen molar-refractivity contribution in [3.05, 3.63) is 24.3 Å². The van der Waals surface area contributed by atoms with Crippen LogP contribution in [-0.2, 0) is 4.79 Å². The smallest absolute Gasteiger partial charge is 0.317 e. The van der Waals surface area contributed by atoms with Crippen LogP contribution >= 0.6 is 23.1 Å². The quantitative estimate of drug-likeness (QED) is 0.861. The number of carboxylic acid groups (broad SMARTS) is 1. The van der Waals surface area contributed by atoms with Crippen LogP contribution in [0, 0.1) is 5.92 Å². The summed E-state index contributed by atoms with van der Waals surface area (Å²) in [6, 6.07) is 7.85. The van der Waals surface area contributed by atoms with Gasteiger partial charge < -0.3 is 5.11 Å². The van der Waals surface area contributed by atoms with Crippen LogP contribution in [0.25, 0.3) is 10.2 Å². The highest BCUT2D eigenvalue weighted by atomic mass is 32.2. The molecule has 1 heterocycles. The molecule has 0 saturated heterocycles. The summed E-state index contributed by atoms with van der Waals surface area (Å²) in [7, 11) is 0. The molecule has 0 aliphatic carbocycles. The first kappa shape index (κ1) is 12.4. The minimum Gasteiger partial charge on any atom is -0.480 e. The van der Waals surface area contributed by atoms with E-state index in [-0.39, 0.29) is 5.92 Å². The van der Waals surface area contributed by atoms with E-state index in [1.54, 1.807) is 11.3 Å². The third-order valence-corrected chi connectivity index (χ3v) is 5.01. The van der Waals surface area contributed by atoms with Crippen LogP contribution in [-0.4, -0.2) is 21.3 Å². The minimum atomic E-state index is -0.774. The first-order chi connectivity index (χ1) is 8.08. The molecule has 0 spiro atoms. The van der Waals surface area contributed by atoms with Crippen molar-refractivity contribution in [2.75, 3.05) is 0 Å². The van der Waals surface area contributed by atoms with E-state index in [0.29, 0.717) is 0 Å². The van der Waals surface area contributed by atoms with E-state index < -0.39 is 11.2 Å². The number of para-hydroxylation sites is 1. The number of aromatic nitrogens is 1. The number of hydrogen-bond donors (Lipinski definition) is 1. The summed E-state index contributed by atoms with van der Waals surface area (Å²) in [6.45, 7) is 3.83. The van der Waals surface area contributed by atoms with Crippen LogP contribution in [0.1, 0.15) is 13.8 Å². The molecule has 0 unspecified atom stereocenters. The SMILES string of the molecule is CC(C)[C@@H](Sc1nc2ccccc2s1)C(=O)O. The number of rotatable bonds is 4. The molecule has 2 aromatic rings. The van der Waals surface area contributed by atoms with Gasteiger partial charge in [0.05, 0.1) is 10.2 Å². The lowest BCUT2D eigenvalue weighted by Gasteiger charge is -2.13. The molecule has 0 fully saturated rings. The Labute approximate surface area is 108 Å². The number of nitrogens with zero attached hydrogens (tertiary/aromatic N) is 1. The summed E-state index contributed by atoms with van der Waals surface area (Å²) < 4.78 is 1.93. The number of benzene rings is 1. The molecule has 1 atom stereocenters. The molecule has 0 radical (unpaired) electrons. The van der Waals surface area contributed by atoms with Gasteiger partial charge in [0.15, 0.2) is 4.34 Å². The number of thioether (sulfide) groups is 1. The van der Waals surface area contributed by atoms with Gasteiger partial charge in [-0.15, -0.1) is 11.3 Å². The molecule has 0 bridgehead atoms. The predicted molar refractivity (Wildman–Crippen MR) is 71.7 cm³/mol. The maximum absolute atomic E-state index is 11.1. The van der Waals surface area contributed by atoms with Gasteiger partial charge in [0, 0.05) is 0 Å². The van der Waals surface area contributed by atoms with E-state index in [1.165, 1.54) is 11.8 Å². The standard InChI is InChI=1S/C12H13NO2S2/c1-7(2)10(11(14)15)17-12-13-8-5-3-4-6-9(8)16-12/h3-7,10H,1-2H3,(H,14,15)/t10-/m1/s1. The topological polar surface area (TPSA) is 50.2 Å². The molecule has 0 aliphatic rings. The first-order valence-electron chi connectivity index (χ1n) is 5.33. The average molecular weight is 267 g/mol. The molecule has 0 saturated carbocycles. The molecule has 0 aliphatic heterocycles. The van der Waals surface area contributed by atoms with E-state index in [4.69, 9.17) is 5.11 Å². The van der Waals surface area contributed by atoms with Crippen LogP contribution in [0.4, 0.5) is 0 Å². The fraction of sp³-hybridized carbons (Fsp3) is 0.333. The molecule has 1 N–H and O–H groups in total. The van der Waals surface area contributed by atoms with Gasteiger partial charge in [0.2, 0.25) is 0 Å². The summed E-state index contributed by atoms with van der Waals surface area (Å²) in [4.78, 5) is 15.6. The van der Waals surface area contributed by atoms with Crippen LogP contribution in [0.3, 0.4) is 0 Å². The van der Waals surface area contributed by atoms with Gasteiger partial charge >= 0.3 is 5.97 Å². The van der Waals surface area contributed by atoms with Crippen molar-refractivity contribution in [1.82, 2.24) is 4.98 Å². The molecule has 3 nitrogen and oxygen atoms in total. The van der Waals surface area contributed by atoms with Crippen LogP contribution in [0.2, 0.25) is 0 Å². The highest BCUT2D eigenvalue weighted by molar-refractivity contribution is 8.02. The van der Waals surface area contributed by atoms with Gasteiger partial charge in [-0.25, -0.2) is 4.98 Å². The molecule has 17 heavy (non-hydrogen) atoms. The Balaban J connectivity index is 2.25. The Morgan fingerprint density at radius 1 is 1.41 bits per heavy atom. The number of hydrogen-bond acceptors (Lipinski definition) is 4. The van der Waals surface area contributed by atoms with Crippen LogP contribution in [0.5, 0.6) is 0 Å². The van der Waals surface area contributed by atoms with Crippen LogP contribution in [0.15, 0.2) is 28.6 Å². The molecular weight excluding hydrogens is 254 g/mol. The summed E-state index contributed by atoms with van der Waals surface area (Å²) in [5.74, 6) is -0.686. The molecule has 1 aromatic heterocycles. The lowest BCUT2D eigenvalue weighted by molar-refractivity contribution is -0.137. The molecule has 2 rings (SSSR count). The van der Waals surface area contributed by atoms with E-state index in [1.807, 2.05) is 38.1 Å². The van der Waals surface area contributed by atoms with Crippen molar-refractivity contribution < 1.29 is 9.90 Å². The zero-order valence-electron chi connectivity index (χ0n) is 9.58. The van der Waals surface area contributed by atoms with E-state index in [2.05, 4.69) is 4.98 Å². The van der Waals surface area contributed by atoms with Crippen molar-refractivity contribution in [3.63, 3.8) is 0 Å². The largest absolute Gasteiger partial charge is 0.480 e. The second kappa shape index (κ2) is 5.06. The van der Waals surface area contributed by atoms with Gasteiger partial charge in [-0.2, -0.15) is 0 Å². The second-order valence-electron chi connectivity index (χ2n) is 4.07. The number of aliphatic carboxylic acids is 1. The maximum atomic E-state index is 11.1. The lowest BCUT2D eigenvalue weighted by atomic mass is 10.1. The van der Waals surface area contributed by atoms with Gasteiger partial charge in [0.25, 0.3) is 0 Å². The van der Waals surface area contributed by atoms with E-state index in [9.17, 15) is 4.79 Å². The Hall–Kier alpha value is -1.07. The summed E-state index contributed by atoms with van der Waals surface area (Å²) >= 11 is 2.89. The van der Waals surface area contributed by atoms with Crippen molar-refractivity contribution >= 4 is 39.3 Å². The molecule has 1 aromatic carbocycles. The summed E-state index contributed by atoms with van der Waals surface area (Å²) in [5, 5.41) is 8.70. The zero-order chi connectivity index (χ0) is 12.4. The van der Waals surface area contributed by atoms with Crippen molar-refractivity contribution in [2.24, 2.45) is 5.92 Å². The molecule has 0 amide bonds. The predicted octanol–water partition coefficient (Wildman–Crippen LogP) is 3.50. The highest BCUT2D eigenvalue weighted by Crippen LogP contribution is 2.34. The lowest BCUT2D eigenvalue weighted by Crippen LogP contribution is -2.22. The fourth-order valence-corrected chi connectivity index (χ4v) is 3.69. The van der Waals surface area contributed by atoms with E-state index >= 15 is 0 Å². The summed E-state index contributed by atoms with van der Waals surface area (Å²) in [6.07, 6.45) is 0. The second-order valence-corrected chi connectivity index (χ2v) is 6.49. The van der Waals surface area contributed by atoms with Gasteiger partial charge in [-0.05, 0) is 18.1 Å². The fourth-order valence-electron chi connectivity index (χ4n) is 1.48. The van der Waals surface area contributed by atoms with Gasteiger partial charge in [0.1, 0.15) is 5.25 Å². The molecule has 90 valence electrons. The molecule has 5 heteroatoms.